The van der Waals surface area contributed by atoms with Crippen LogP contribution in [-0.2, 0) is 5.41 Å². The molecule has 7 heteroatoms. The molecule has 0 unspecified atom stereocenters. The van der Waals surface area contributed by atoms with Gasteiger partial charge >= 0.3 is 0 Å². The number of benzene rings is 2. The second kappa shape index (κ2) is 7.70. The van der Waals surface area contributed by atoms with E-state index >= 15 is 0 Å². The summed E-state index contributed by atoms with van der Waals surface area (Å²) in [6.07, 6.45) is 0. The Hall–Kier alpha value is -2.15. The molecule has 0 N–H and O–H groups in total. The summed E-state index contributed by atoms with van der Waals surface area (Å²) in [4.78, 5) is 4.77. The lowest BCUT2D eigenvalue weighted by atomic mass is 9.95. The van der Waals surface area contributed by atoms with Crippen molar-refractivity contribution in [1.29, 1.82) is 0 Å². The first-order valence-corrected chi connectivity index (χ1v) is 10.9. The molecular formula is C21H19ClN4S2. The Labute approximate surface area is 177 Å². The molecule has 0 fully saturated rings. The lowest BCUT2D eigenvalue weighted by Crippen LogP contribution is -2.18. The third-order valence-corrected chi connectivity index (χ3v) is 6.26. The zero-order valence-corrected chi connectivity index (χ0v) is 18.1. The number of para-hydroxylation sites is 1. The molecule has 142 valence electrons. The summed E-state index contributed by atoms with van der Waals surface area (Å²) < 4.78 is 3.04. The van der Waals surface area contributed by atoms with Crippen molar-refractivity contribution in [3.8, 4) is 16.9 Å². The standard InChI is InChI=1S/C21H19ClN4S2/c1-21(2,3)18-24-25-19(26(18)16-7-5-4-6-8-16)28-20-23-17(13-27-20)14-9-11-15(22)12-10-14/h4-13H,1-3H3. The van der Waals surface area contributed by atoms with Crippen LogP contribution in [0.4, 0.5) is 0 Å². The number of hydrogen-bond acceptors (Lipinski definition) is 5. The average molecular weight is 427 g/mol. The van der Waals surface area contributed by atoms with Gasteiger partial charge in [-0.3, -0.25) is 4.57 Å². The molecule has 0 saturated heterocycles. The summed E-state index contributed by atoms with van der Waals surface area (Å²) in [6, 6.07) is 17.9. The van der Waals surface area contributed by atoms with E-state index in [2.05, 4.69) is 53.0 Å². The molecular weight excluding hydrogens is 408 g/mol. The van der Waals surface area contributed by atoms with Gasteiger partial charge in [0.15, 0.2) is 4.34 Å². The monoisotopic (exact) mass is 426 g/mol. The van der Waals surface area contributed by atoms with Gasteiger partial charge < -0.3 is 0 Å². The van der Waals surface area contributed by atoms with Crippen molar-refractivity contribution in [2.24, 2.45) is 0 Å². The molecule has 2 aromatic heterocycles. The molecule has 0 saturated carbocycles. The number of nitrogens with zero attached hydrogens (tertiary/aromatic N) is 4. The van der Waals surface area contributed by atoms with E-state index in [1.165, 1.54) is 11.8 Å². The van der Waals surface area contributed by atoms with Gasteiger partial charge in [0.2, 0.25) is 5.16 Å². The zero-order valence-electron chi connectivity index (χ0n) is 15.8. The van der Waals surface area contributed by atoms with Crippen molar-refractivity contribution in [2.75, 3.05) is 0 Å². The highest BCUT2D eigenvalue weighted by molar-refractivity contribution is 8.00. The van der Waals surface area contributed by atoms with Gasteiger partial charge in [0.25, 0.3) is 0 Å². The Morgan fingerprint density at radius 2 is 1.68 bits per heavy atom. The van der Waals surface area contributed by atoms with Crippen LogP contribution in [0.1, 0.15) is 26.6 Å². The first kappa shape index (κ1) is 19.2. The third-order valence-electron chi connectivity index (χ3n) is 4.12. The van der Waals surface area contributed by atoms with E-state index in [-0.39, 0.29) is 5.41 Å². The van der Waals surface area contributed by atoms with Crippen LogP contribution in [-0.4, -0.2) is 19.7 Å². The molecule has 2 aromatic carbocycles. The Kier molecular flexibility index (Phi) is 5.27. The summed E-state index contributed by atoms with van der Waals surface area (Å²) in [5, 5.41) is 12.6. The van der Waals surface area contributed by atoms with Gasteiger partial charge in [0.1, 0.15) is 5.82 Å². The fourth-order valence-corrected chi connectivity index (χ4v) is 4.67. The lowest BCUT2D eigenvalue weighted by molar-refractivity contribution is 0.529. The molecule has 0 radical (unpaired) electrons. The Balaban J connectivity index is 1.69. The van der Waals surface area contributed by atoms with E-state index in [4.69, 9.17) is 16.6 Å². The highest BCUT2D eigenvalue weighted by atomic mass is 35.5. The minimum Gasteiger partial charge on any atom is -0.273 e. The summed E-state index contributed by atoms with van der Waals surface area (Å²) >= 11 is 9.12. The topological polar surface area (TPSA) is 43.6 Å². The molecule has 0 atom stereocenters. The van der Waals surface area contributed by atoms with Gasteiger partial charge in [0, 0.05) is 27.1 Å². The number of halogens is 1. The van der Waals surface area contributed by atoms with Crippen LogP contribution in [0.3, 0.4) is 0 Å². The largest absolute Gasteiger partial charge is 0.273 e. The molecule has 0 spiro atoms. The zero-order chi connectivity index (χ0) is 19.7. The van der Waals surface area contributed by atoms with Crippen LogP contribution in [0.5, 0.6) is 0 Å². The van der Waals surface area contributed by atoms with E-state index in [9.17, 15) is 0 Å². The van der Waals surface area contributed by atoms with E-state index in [0.29, 0.717) is 0 Å². The summed E-state index contributed by atoms with van der Waals surface area (Å²) in [5.74, 6) is 0.927. The molecule has 4 nitrogen and oxygen atoms in total. The van der Waals surface area contributed by atoms with Gasteiger partial charge in [-0.25, -0.2) is 4.98 Å². The predicted molar refractivity (Wildman–Crippen MR) is 117 cm³/mol. The Morgan fingerprint density at radius 3 is 2.36 bits per heavy atom. The average Bonchev–Trinajstić information content (AvgIpc) is 3.30. The molecule has 4 aromatic rings. The van der Waals surface area contributed by atoms with Crippen molar-refractivity contribution < 1.29 is 0 Å². The van der Waals surface area contributed by atoms with Crippen LogP contribution in [0.25, 0.3) is 16.9 Å². The number of hydrogen-bond donors (Lipinski definition) is 0. The Morgan fingerprint density at radius 1 is 0.964 bits per heavy atom. The third kappa shape index (κ3) is 3.99. The van der Waals surface area contributed by atoms with Gasteiger partial charge in [-0.2, -0.15) is 0 Å². The smallest absolute Gasteiger partial charge is 0.202 e. The second-order valence-electron chi connectivity index (χ2n) is 7.33. The van der Waals surface area contributed by atoms with Gasteiger partial charge in [-0.05, 0) is 36.0 Å². The lowest BCUT2D eigenvalue weighted by Gasteiger charge is -2.19. The second-order valence-corrected chi connectivity index (χ2v) is 9.84. The van der Waals surface area contributed by atoms with E-state index < -0.39 is 0 Å². The maximum absolute atomic E-state index is 5.99. The molecule has 0 aliphatic carbocycles. The van der Waals surface area contributed by atoms with Gasteiger partial charge in [-0.15, -0.1) is 21.5 Å². The molecule has 0 amide bonds. The maximum Gasteiger partial charge on any atom is 0.202 e. The molecule has 0 aliphatic rings. The fourth-order valence-electron chi connectivity index (χ4n) is 2.77. The maximum atomic E-state index is 5.99. The van der Waals surface area contributed by atoms with Crippen molar-refractivity contribution in [2.45, 2.75) is 35.7 Å². The van der Waals surface area contributed by atoms with E-state index in [0.717, 1.165) is 37.3 Å². The van der Waals surface area contributed by atoms with Crippen LogP contribution in [0, 0.1) is 0 Å². The Bertz CT molecular complexity index is 1080. The van der Waals surface area contributed by atoms with Crippen LogP contribution < -0.4 is 0 Å². The molecule has 0 aliphatic heterocycles. The van der Waals surface area contributed by atoms with Crippen molar-refractivity contribution >= 4 is 34.7 Å². The molecule has 0 bridgehead atoms. The highest BCUT2D eigenvalue weighted by Gasteiger charge is 2.25. The van der Waals surface area contributed by atoms with E-state index in [1.807, 2.05) is 42.5 Å². The molecule has 28 heavy (non-hydrogen) atoms. The fraction of sp³-hybridized carbons (Fsp3) is 0.190. The van der Waals surface area contributed by atoms with Crippen molar-refractivity contribution in [1.82, 2.24) is 19.7 Å². The first-order valence-electron chi connectivity index (χ1n) is 8.82. The van der Waals surface area contributed by atoms with Crippen LogP contribution in [0.2, 0.25) is 5.02 Å². The quantitative estimate of drug-likeness (QED) is 0.374. The minimum absolute atomic E-state index is 0.126. The van der Waals surface area contributed by atoms with Crippen molar-refractivity contribution in [3.63, 3.8) is 0 Å². The first-order chi connectivity index (χ1) is 13.4. The minimum atomic E-state index is -0.126. The van der Waals surface area contributed by atoms with E-state index in [1.54, 1.807) is 11.3 Å². The summed E-state index contributed by atoms with van der Waals surface area (Å²) in [6.45, 7) is 6.44. The SMILES string of the molecule is CC(C)(C)c1nnc(Sc2nc(-c3ccc(Cl)cc3)cs2)n1-c1ccccc1. The highest BCUT2D eigenvalue weighted by Crippen LogP contribution is 2.35. The molecule has 4 rings (SSSR count). The van der Waals surface area contributed by atoms with Crippen LogP contribution >= 0.6 is 34.7 Å². The van der Waals surface area contributed by atoms with Crippen molar-refractivity contribution in [3.05, 3.63) is 70.8 Å². The normalized spacial score (nSPS) is 11.7. The number of aromatic nitrogens is 4. The number of thiazole rings is 1. The number of rotatable bonds is 4. The summed E-state index contributed by atoms with van der Waals surface area (Å²) in [7, 11) is 0. The summed E-state index contributed by atoms with van der Waals surface area (Å²) in [5.41, 5.74) is 2.91. The van der Waals surface area contributed by atoms with Crippen LogP contribution in [0.15, 0.2) is 69.5 Å². The predicted octanol–water partition coefficient (Wildman–Crippen LogP) is 6.49. The molecule has 2 heterocycles. The van der Waals surface area contributed by atoms with Gasteiger partial charge in [-0.1, -0.05) is 62.7 Å². The van der Waals surface area contributed by atoms with Gasteiger partial charge in [0.05, 0.1) is 5.69 Å².